The molecule has 0 radical (unpaired) electrons. The van der Waals surface area contributed by atoms with Crippen LogP contribution in [0.15, 0.2) is 36.7 Å². The van der Waals surface area contributed by atoms with E-state index in [9.17, 15) is 13.2 Å². The zero-order valence-corrected chi connectivity index (χ0v) is 14.4. The van der Waals surface area contributed by atoms with Gasteiger partial charge in [0.05, 0.1) is 23.1 Å². The largest absolute Gasteiger partial charge is 0.416 e. The molecule has 0 spiro atoms. The van der Waals surface area contributed by atoms with E-state index in [1.54, 1.807) is 12.3 Å². The lowest BCUT2D eigenvalue weighted by Crippen LogP contribution is -2.39. The summed E-state index contributed by atoms with van der Waals surface area (Å²) in [6.45, 7) is 6.34. The number of alkyl halides is 3. The average Bonchev–Trinajstić information content (AvgIpc) is 2.61. The van der Waals surface area contributed by atoms with E-state index in [4.69, 9.17) is 0 Å². The van der Waals surface area contributed by atoms with Crippen LogP contribution in [0.2, 0.25) is 0 Å². The minimum absolute atomic E-state index is 0.273. The lowest BCUT2D eigenvalue weighted by atomic mass is 9.94. The average molecular weight is 349 g/mol. The van der Waals surface area contributed by atoms with Crippen LogP contribution < -0.4 is 0 Å². The highest BCUT2D eigenvalue weighted by Crippen LogP contribution is 2.32. The number of hydrogen-bond acceptors (Lipinski definition) is 3. The molecule has 134 valence electrons. The number of halogens is 3. The molecule has 1 saturated heterocycles. The minimum Gasteiger partial charge on any atom is -0.300 e. The summed E-state index contributed by atoms with van der Waals surface area (Å²) in [6, 6.07) is 5.73. The number of benzene rings is 1. The first-order valence-electron chi connectivity index (χ1n) is 8.58. The fourth-order valence-electron chi connectivity index (χ4n) is 3.29. The van der Waals surface area contributed by atoms with Crippen LogP contribution in [0.25, 0.3) is 11.3 Å². The lowest BCUT2D eigenvalue weighted by Gasteiger charge is -2.35. The van der Waals surface area contributed by atoms with Crippen molar-refractivity contribution in [1.82, 2.24) is 14.9 Å². The molecule has 3 rings (SSSR count). The SMILES string of the molecule is CC(C)N1CCC[C@H](c2cncc(-c3cccc(C(F)(F)F)c3)n2)C1. The molecule has 1 atom stereocenters. The molecule has 1 aliphatic rings. The first-order chi connectivity index (χ1) is 11.8. The van der Waals surface area contributed by atoms with Gasteiger partial charge in [-0.3, -0.25) is 4.98 Å². The zero-order valence-electron chi connectivity index (χ0n) is 14.4. The summed E-state index contributed by atoms with van der Waals surface area (Å²) in [4.78, 5) is 11.3. The lowest BCUT2D eigenvalue weighted by molar-refractivity contribution is -0.137. The first kappa shape index (κ1) is 17.9. The predicted molar refractivity (Wildman–Crippen MR) is 91.2 cm³/mol. The highest BCUT2D eigenvalue weighted by atomic mass is 19.4. The maximum atomic E-state index is 12.9. The van der Waals surface area contributed by atoms with Crippen LogP contribution in [0.4, 0.5) is 13.2 Å². The summed E-state index contributed by atoms with van der Waals surface area (Å²) in [7, 11) is 0. The highest BCUT2D eigenvalue weighted by molar-refractivity contribution is 5.59. The van der Waals surface area contributed by atoms with E-state index in [2.05, 4.69) is 28.7 Å². The molecule has 1 fully saturated rings. The number of nitrogens with zero attached hydrogens (tertiary/aromatic N) is 3. The standard InChI is InChI=1S/C19H22F3N3/c1-13(2)25-8-4-6-15(12-25)18-11-23-10-17(24-18)14-5-3-7-16(9-14)19(20,21)22/h3,5,7,9-11,13,15H,4,6,8,12H2,1-2H3/t15-/m0/s1. The van der Waals surface area contributed by atoms with E-state index >= 15 is 0 Å². The van der Waals surface area contributed by atoms with Gasteiger partial charge < -0.3 is 4.90 Å². The Balaban J connectivity index is 1.87. The third-order valence-corrected chi connectivity index (χ3v) is 4.74. The molecule has 0 unspecified atom stereocenters. The van der Waals surface area contributed by atoms with Crippen molar-refractivity contribution in [2.75, 3.05) is 13.1 Å². The topological polar surface area (TPSA) is 29.0 Å². The first-order valence-corrected chi connectivity index (χ1v) is 8.58. The van der Waals surface area contributed by atoms with E-state index in [1.165, 1.54) is 12.3 Å². The predicted octanol–water partition coefficient (Wildman–Crippen LogP) is 4.75. The van der Waals surface area contributed by atoms with E-state index in [-0.39, 0.29) is 5.92 Å². The number of piperidine rings is 1. The molecule has 3 nitrogen and oxygen atoms in total. The summed E-state index contributed by atoms with van der Waals surface area (Å²) >= 11 is 0. The van der Waals surface area contributed by atoms with Crippen molar-refractivity contribution in [2.45, 2.75) is 44.8 Å². The third kappa shape index (κ3) is 4.18. The molecular formula is C19H22F3N3. The molecular weight excluding hydrogens is 327 g/mol. The van der Waals surface area contributed by atoms with Gasteiger partial charge >= 0.3 is 6.18 Å². The Morgan fingerprint density at radius 2 is 2.00 bits per heavy atom. The molecule has 25 heavy (non-hydrogen) atoms. The van der Waals surface area contributed by atoms with Gasteiger partial charge in [0.2, 0.25) is 0 Å². The van der Waals surface area contributed by atoms with Gasteiger partial charge in [-0.05, 0) is 45.4 Å². The Morgan fingerprint density at radius 3 is 2.72 bits per heavy atom. The molecule has 1 aliphatic heterocycles. The van der Waals surface area contributed by atoms with Gasteiger partial charge in [-0.25, -0.2) is 4.98 Å². The van der Waals surface area contributed by atoms with Crippen molar-refractivity contribution >= 4 is 0 Å². The molecule has 2 heterocycles. The van der Waals surface area contributed by atoms with Gasteiger partial charge in [-0.1, -0.05) is 12.1 Å². The van der Waals surface area contributed by atoms with Gasteiger partial charge in [0.1, 0.15) is 0 Å². The van der Waals surface area contributed by atoms with Gasteiger partial charge in [0.25, 0.3) is 0 Å². The fraction of sp³-hybridized carbons (Fsp3) is 0.474. The third-order valence-electron chi connectivity index (χ3n) is 4.74. The van der Waals surface area contributed by atoms with Crippen molar-refractivity contribution in [2.24, 2.45) is 0 Å². The van der Waals surface area contributed by atoms with Crippen LogP contribution in [0.5, 0.6) is 0 Å². The number of rotatable bonds is 3. The van der Waals surface area contributed by atoms with Crippen LogP contribution in [-0.2, 0) is 6.18 Å². The van der Waals surface area contributed by atoms with Gasteiger partial charge in [-0.15, -0.1) is 0 Å². The molecule has 0 saturated carbocycles. The molecule has 0 N–H and O–H groups in total. The monoisotopic (exact) mass is 349 g/mol. The van der Waals surface area contributed by atoms with Gasteiger partial charge in [-0.2, -0.15) is 13.2 Å². The van der Waals surface area contributed by atoms with Crippen molar-refractivity contribution in [3.63, 3.8) is 0 Å². The number of likely N-dealkylation sites (tertiary alicyclic amines) is 1. The second kappa shape index (κ2) is 7.12. The van der Waals surface area contributed by atoms with Crippen LogP contribution in [0.3, 0.4) is 0 Å². The van der Waals surface area contributed by atoms with Crippen molar-refractivity contribution in [3.05, 3.63) is 47.9 Å². The number of aromatic nitrogens is 2. The van der Waals surface area contributed by atoms with E-state index in [1.807, 2.05) is 0 Å². The van der Waals surface area contributed by atoms with Crippen molar-refractivity contribution in [3.8, 4) is 11.3 Å². The van der Waals surface area contributed by atoms with Crippen LogP contribution in [-0.4, -0.2) is 34.0 Å². The maximum Gasteiger partial charge on any atom is 0.416 e. The molecule has 1 aromatic heterocycles. The molecule has 0 amide bonds. The molecule has 0 bridgehead atoms. The zero-order chi connectivity index (χ0) is 18.0. The number of hydrogen-bond donors (Lipinski definition) is 0. The highest BCUT2D eigenvalue weighted by Gasteiger charge is 2.30. The molecule has 1 aromatic carbocycles. The van der Waals surface area contributed by atoms with Gasteiger partial charge in [0, 0.05) is 30.3 Å². The maximum absolute atomic E-state index is 12.9. The summed E-state index contributed by atoms with van der Waals surface area (Å²) in [5, 5.41) is 0. The second-order valence-electron chi connectivity index (χ2n) is 6.84. The Hall–Kier alpha value is -1.95. The van der Waals surface area contributed by atoms with Crippen molar-refractivity contribution in [1.29, 1.82) is 0 Å². The smallest absolute Gasteiger partial charge is 0.300 e. The normalized spacial score (nSPS) is 19.4. The Labute approximate surface area is 145 Å². The fourth-order valence-corrected chi connectivity index (χ4v) is 3.29. The van der Waals surface area contributed by atoms with E-state index < -0.39 is 11.7 Å². The van der Waals surface area contributed by atoms with Crippen LogP contribution >= 0.6 is 0 Å². The Kier molecular flexibility index (Phi) is 5.08. The molecule has 6 heteroatoms. The Bertz CT molecular complexity index is 728. The van der Waals surface area contributed by atoms with Crippen molar-refractivity contribution < 1.29 is 13.2 Å². The second-order valence-corrected chi connectivity index (χ2v) is 6.84. The van der Waals surface area contributed by atoms with E-state index in [0.717, 1.165) is 43.8 Å². The van der Waals surface area contributed by atoms with Crippen LogP contribution in [0.1, 0.15) is 43.9 Å². The quantitative estimate of drug-likeness (QED) is 0.801. The van der Waals surface area contributed by atoms with Gasteiger partial charge in [0.15, 0.2) is 0 Å². The Morgan fingerprint density at radius 1 is 1.20 bits per heavy atom. The summed E-state index contributed by atoms with van der Waals surface area (Å²) in [6.07, 6.45) is 1.04. The summed E-state index contributed by atoms with van der Waals surface area (Å²) in [5.74, 6) is 0.273. The van der Waals surface area contributed by atoms with E-state index in [0.29, 0.717) is 17.3 Å². The molecule has 2 aromatic rings. The minimum atomic E-state index is -4.36. The molecule has 0 aliphatic carbocycles. The van der Waals surface area contributed by atoms with Crippen LogP contribution in [0, 0.1) is 0 Å². The summed E-state index contributed by atoms with van der Waals surface area (Å²) in [5.41, 5.74) is 1.13. The summed E-state index contributed by atoms with van der Waals surface area (Å²) < 4.78 is 38.8.